The summed E-state index contributed by atoms with van der Waals surface area (Å²) >= 11 is 0. The maximum atomic E-state index is 12.1. The molecule has 0 fully saturated rings. The maximum absolute atomic E-state index is 12.1. The van der Waals surface area contributed by atoms with Gasteiger partial charge < -0.3 is 9.84 Å². The number of halogens is 3. The van der Waals surface area contributed by atoms with Crippen LogP contribution in [-0.2, 0) is 0 Å². The molecule has 3 nitrogen and oxygen atoms in total. The second kappa shape index (κ2) is 6.41. The third kappa shape index (κ3) is 5.22. The van der Waals surface area contributed by atoms with Crippen LogP contribution >= 0.6 is 0 Å². The van der Waals surface area contributed by atoms with E-state index < -0.39 is 12.6 Å². The summed E-state index contributed by atoms with van der Waals surface area (Å²) in [6.07, 6.45) is -4.15. The Morgan fingerprint density at radius 3 is 2.37 bits per heavy atom. The van der Waals surface area contributed by atoms with Crippen LogP contribution in [0.2, 0.25) is 0 Å². The highest BCUT2D eigenvalue weighted by Gasteiger charge is 2.26. The van der Waals surface area contributed by atoms with Crippen molar-refractivity contribution in [1.82, 2.24) is 10.5 Å². The Balaban J connectivity index is 2.42. The first-order chi connectivity index (χ1) is 8.70. The fraction of sp³-hybridized carbons (Fsp3) is 0.769. The Bertz CT molecular complexity index is 382. The second-order valence-corrected chi connectivity index (χ2v) is 5.03. The van der Waals surface area contributed by atoms with E-state index in [2.05, 4.69) is 10.5 Å². The van der Waals surface area contributed by atoms with Crippen molar-refractivity contribution in [1.29, 1.82) is 0 Å². The predicted octanol–water partition coefficient (Wildman–Crippen LogP) is 4.06. The molecule has 2 atom stereocenters. The molecule has 6 heteroatoms. The van der Waals surface area contributed by atoms with E-state index in [0.717, 1.165) is 17.0 Å². The fourth-order valence-electron chi connectivity index (χ4n) is 2.31. The number of aryl methyl sites for hydroxylation is 2. The molecule has 19 heavy (non-hydrogen) atoms. The topological polar surface area (TPSA) is 38.1 Å². The summed E-state index contributed by atoms with van der Waals surface area (Å²) in [6.45, 7) is 7.55. The maximum Gasteiger partial charge on any atom is 0.389 e. The lowest BCUT2D eigenvalue weighted by molar-refractivity contribution is -0.135. The predicted molar refractivity (Wildman–Crippen MR) is 66.9 cm³/mol. The number of alkyl halides is 3. The van der Waals surface area contributed by atoms with Crippen molar-refractivity contribution in [3.8, 4) is 0 Å². The Hall–Kier alpha value is -1.04. The lowest BCUT2D eigenvalue weighted by Crippen LogP contribution is -2.29. The van der Waals surface area contributed by atoms with Crippen molar-refractivity contribution < 1.29 is 17.7 Å². The SMILES string of the molecule is Cc1noc(C)c1C(C)NC(C)CCCC(F)(F)F. The van der Waals surface area contributed by atoms with E-state index >= 15 is 0 Å². The van der Waals surface area contributed by atoms with Gasteiger partial charge in [-0.05, 0) is 40.5 Å². The average Bonchev–Trinajstić information content (AvgIpc) is 2.56. The Kier molecular flexibility index (Phi) is 5.40. The monoisotopic (exact) mass is 278 g/mol. The molecule has 1 aromatic heterocycles. The zero-order valence-corrected chi connectivity index (χ0v) is 11.8. The molecule has 0 aliphatic heterocycles. The summed E-state index contributed by atoms with van der Waals surface area (Å²) in [7, 11) is 0. The van der Waals surface area contributed by atoms with E-state index in [0.29, 0.717) is 6.42 Å². The van der Waals surface area contributed by atoms with Crippen LogP contribution < -0.4 is 5.32 Å². The van der Waals surface area contributed by atoms with Gasteiger partial charge in [-0.2, -0.15) is 13.2 Å². The Labute approximate surface area is 111 Å². The van der Waals surface area contributed by atoms with E-state index in [-0.39, 0.29) is 18.5 Å². The summed E-state index contributed by atoms with van der Waals surface area (Å²) in [4.78, 5) is 0. The van der Waals surface area contributed by atoms with Gasteiger partial charge in [0.15, 0.2) is 0 Å². The van der Waals surface area contributed by atoms with Crippen molar-refractivity contribution in [2.45, 2.75) is 65.2 Å². The first kappa shape index (κ1) is 16.0. The van der Waals surface area contributed by atoms with Crippen molar-refractivity contribution in [2.24, 2.45) is 0 Å². The Morgan fingerprint density at radius 2 is 1.89 bits per heavy atom. The van der Waals surface area contributed by atoms with Crippen LogP contribution in [0, 0.1) is 13.8 Å². The van der Waals surface area contributed by atoms with E-state index in [1.807, 2.05) is 27.7 Å². The minimum atomic E-state index is -4.06. The van der Waals surface area contributed by atoms with Gasteiger partial charge in [0.1, 0.15) is 5.76 Å². The van der Waals surface area contributed by atoms with Crippen LogP contribution in [0.25, 0.3) is 0 Å². The summed E-state index contributed by atoms with van der Waals surface area (Å²) in [5, 5.41) is 7.16. The molecule has 2 unspecified atom stereocenters. The van der Waals surface area contributed by atoms with Gasteiger partial charge in [0.05, 0.1) is 5.69 Å². The highest BCUT2D eigenvalue weighted by molar-refractivity contribution is 5.24. The molecule has 0 aliphatic carbocycles. The van der Waals surface area contributed by atoms with E-state index in [4.69, 9.17) is 4.52 Å². The van der Waals surface area contributed by atoms with Gasteiger partial charge >= 0.3 is 6.18 Å². The Morgan fingerprint density at radius 1 is 1.26 bits per heavy atom. The van der Waals surface area contributed by atoms with Gasteiger partial charge in [-0.25, -0.2) is 0 Å². The van der Waals surface area contributed by atoms with Crippen LogP contribution in [-0.4, -0.2) is 17.4 Å². The molecule has 0 saturated heterocycles. The summed E-state index contributed by atoms with van der Waals surface area (Å²) < 4.78 is 41.3. The van der Waals surface area contributed by atoms with E-state index in [1.54, 1.807) is 0 Å². The molecule has 0 aromatic carbocycles. The van der Waals surface area contributed by atoms with Crippen LogP contribution in [0.3, 0.4) is 0 Å². The quantitative estimate of drug-likeness (QED) is 0.852. The van der Waals surface area contributed by atoms with Gasteiger partial charge in [0.25, 0.3) is 0 Å². The van der Waals surface area contributed by atoms with Crippen molar-refractivity contribution in [3.63, 3.8) is 0 Å². The number of nitrogens with one attached hydrogen (secondary N) is 1. The first-order valence-electron chi connectivity index (χ1n) is 6.46. The standard InChI is InChI=1S/C13H21F3N2O/c1-8(6-5-7-13(14,15)16)17-9(2)12-10(3)18-19-11(12)4/h8-9,17H,5-7H2,1-4H3. The molecule has 1 rings (SSSR count). The van der Waals surface area contributed by atoms with Gasteiger partial charge in [0, 0.05) is 24.1 Å². The normalized spacial score (nSPS) is 15.5. The molecule has 1 N–H and O–H groups in total. The number of rotatable bonds is 6. The largest absolute Gasteiger partial charge is 0.389 e. The average molecular weight is 278 g/mol. The molecular formula is C13H21F3N2O. The molecule has 1 aromatic rings. The van der Waals surface area contributed by atoms with Gasteiger partial charge in [0.2, 0.25) is 0 Å². The first-order valence-corrected chi connectivity index (χ1v) is 6.46. The summed E-state index contributed by atoms with van der Waals surface area (Å²) in [5.41, 5.74) is 1.81. The molecule has 1 heterocycles. The molecule has 0 aliphatic rings. The van der Waals surface area contributed by atoms with Crippen molar-refractivity contribution in [2.75, 3.05) is 0 Å². The third-order valence-electron chi connectivity index (χ3n) is 3.15. The number of hydrogen-bond acceptors (Lipinski definition) is 3. The number of aromatic nitrogens is 1. The molecule has 0 bridgehead atoms. The summed E-state index contributed by atoms with van der Waals surface area (Å²) in [6, 6.07) is 0.0400. The van der Waals surface area contributed by atoms with Crippen molar-refractivity contribution in [3.05, 3.63) is 17.0 Å². The zero-order valence-electron chi connectivity index (χ0n) is 11.8. The fourth-order valence-corrected chi connectivity index (χ4v) is 2.31. The number of hydrogen-bond donors (Lipinski definition) is 1. The van der Waals surface area contributed by atoms with Gasteiger partial charge in [-0.1, -0.05) is 5.16 Å². The van der Waals surface area contributed by atoms with Gasteiger partial charge in [-0.3, -0.25) is 0 Å². The molecular weight excluding hydrogens is 257 g/mol. The third-order valence-corrected chi connectivity index (χ3v) is 3.15. The zero-order chi connectivity index (χ0) is 14.6. The minimum absolute atomic E-state index is 0.0195. The molecule has 0 spiro atoms. The second-order valence-electron chi connectivity index (χ2n) is 5.03. The minimum Gasteiger partial charge on any atom is -0.361 e. The van der Waals surface area contributed by atoms with Crippen molar-refractivity contribution >= 4 is 0 Å². The molecule has 0 radical (unpaired) electrons. The lowest BCUT2D eigenvalue weighted by atomic mass is 10.0. The van der Waals surface area contributed by atoms with E-state index in [1.165, 1.54) is 0 Å². The molecule has 0 saturated carbocycles. The number of nitrogens with zero attached hydrogens (tertiary/aromatic N) is 1. The lowest BCUT2D eigenvalue weighted by Gasteiger charge is -2.20. The van der Waals surface area contributed by atoms with Crippen LogP contribution in [0.1, 0.15) is 56.2 Å². The smallest absolute Gasteiger partial charge is 0.361 e. The molecule has 110 valence electrons. The van der Waals surface area contributed by atoms with Crippen LogP contribution in [0.4, 0.5) is 13.2 Å². The summed E-state index contributed by atoms with van der Waals surface area (Å²) in [5.74, 6) is 0.750. The van der Waals surface area contributed by atoms with Crippen LogP contribution in [0.15, 0.2) is 4.52 Å². The van der Waals surface area contributed by atoms with Gasteiger partial charge in [-0.15, -0.1) is 0 Å². The highest BCUT2D eigenvalue weighted by Crippen LogP contribution is 2.24. The molecule has 0 amide bonds. The van der Waals surface area contributed by atoms with Crippen LogP contribution in [0.5, 0.6) is 0 Å². The van der Waals surface area contributed by atoms with E-state index in [9.17, 15) is 13.2 Å². The highest BCUT2D eigenvalue weighted by atomic mass is 19.4.